The van der Waals surface area contributed by atoms with Crippen molar-refractivity contribution in [2.45, 2.75) is 26.7 Å². The van der Waals surface area contributed by atoms with Gasteiger partial charge in [-0.25, -0.2) is 4.98 Å². The number of anilines is 1. The summed E-state index contributed by atoms with van der Waals surface area (Å²) >= 11 is 1.48. The second-order valence-corrected chi connectivity index (χ2v) is 7.53. The number of piperazine rings is 1. The van der Waals surface area contributed by atoms with Gasteiger partial charge in [0.25, 0.3) is 0 Å². The molecule has 8 nitrogen and oxygen atoms in total. The molecule has 10 heteroatoms. The van der Waals surface area contributed by atoms with E-state index in [0.29, 0.717) is 18.7 Å². The molecule has 0 radical (unpaired) electrons. The zero-order chi connectivity index (χ0) is 20.6. The molecular formula is C20H31IN6O2S. The second-order valence-electron chi connectivity index (χ2n) is 6.80. The van der Waals surface area contributed by atoms with Gasteiger partial charge < -0.3 is 25.0 Å². The van der Waals surface area contributed by atoms with Crippen LogP contribution in [0.2, 0.25) is 0 Å². The maximum absolute atomic E-state index is 10.1. The SMILES string of the molecule is CCNC(=NCCc1ccc(OC)cc1O)N1CCN(c2nc(CC)ns2)CC1.I. The van der Waals surface area contributed by atoms with Gasteiger partial charge in [0, 0.05) is 63.3 Å². The molecule has 0 aliphatic carbocycles. The summed E-state index contributed by atoms with van der Waals surface area (Å²) in [7, 11) is 1.59. The predicted octanol–water partition coefficient (Wildman–Crippen LogP) is 2.76. The van der Waals surface area contributed by atoms with Crippen LogP contribution in [-0.4, -0.2) is 71.7 Å². The van der Waals surface area contributed by atoms with Gasteiger partial charge in [-0.3, -0.25) is 4.99 Å². The number of rotatable bonds is 7. The normalized spacial score (nSPS) is 14.4. The van der Waals surface area contributed by atoms with Crippen molar-refractivity contribution in [3.8, 4) is 11.5 Å². The average molecular weight is 546 g/mol. The van der Waals surface area contributed by atoms with Crippen LogP contribution in [0, 0.1) is 0 Å². The molecule has 1 fully saturated rings. The van der Waals surface area contributed by atoms with Crippen molar-refractivity contribution in [2.24, 2.45) is 4.99 Å². The quantitative estimate of drug-likeness (QED) is 0.314. The molecule has 166 valence electrons. The smallest absolute Gasteiger partial charge is 0.205 e. The Labute approximate surface area is 199 Å². The standard InChI is InChI=1S/C20H30N6O2S.HI/c1-4-18-23-20(29-24-18)26-12-10-25(11-13-26)19(21-5-2)22-9-8-15-6-7-16(28-3)14-17(15)27;/h6-7,14,27H,4-5,8-13H2,1-3H3,(H,21,22);1H. The van der Waals surface area contributed by atoms with Gasteiger partial charge in [0.05, 0.1) is 7.11 Å². The van der Waals surface area contributed by atoms with Crippen LogP contribution < -0.4 is 15.0 Å². The third-order valence-electron chi connectivity index (χ3n) is 4.89. The number of benzene rings is 1. The largest absolute Gasteiger partial charge is 0.508 e. The molecule has 1 saturated heterocycles. The summed E-state index contributed by atoms with van der Waals surface area (Å²) in [6, 6.07) is 5.39. The first-order valence-electron chi connectivity index (χ1n) is 10.1. The second kappa shape index (κ2) is 12.1. The Morgan fingerprint density at radius 1 is 1.27 bits per heavy atom. The molecule has 1 aromatic carbocycles. The number of hydrogen-bond acceptors (Lipinski definition) is 7. The van der Waals surface area contributed by atoms with Crippen molar-refractivity contribution in [2.75, 3.05) is 51.3 Å². The molecule has 3 rings (SSSR count). The number of halogens is 1. The van der Waals surface area contributed by atoms with Crippen molar-refractivity contribution in [1.82, 2.24) is 19.6 Å². The Balaban J connectivity index is 0.00000320. The van der Waals surface area contributed by atoms with E-state index in [1.54, 1.807) is 13.2 Å². The summed E-state index contributed by atoms with van der Waals surface area (Å²) in [6.07, 6.45) is 1.55. The van der Waals surface area contributed by atoms with Crippen LogP contribution in [0.3, 0.4) is 0 Å². The first-order chi connectivity index (χ1) is 14.1. The van der Waals surface area contributed by atoms with Gasteiger partial charge in [-0.1, -0.05) is 13.0 Å². The summed E-state index contributed by atoms with van der Waals surface area (Å²) in [4.78, 5) is 14.0. The topological polar surface area (TPSA) is 86.1 Å². The lowest BCUT2D eigenvalue weighted by molar-refractivity contribution is 0.372. The van der Waals surface area contributed by atoms with Crippen LogP contribution >= 0.6 is 35.5 Å². The van der Waals surface area contributed by atoms with Crippen LogP contribution in [0.1, 0.15) is 25.2 Å². The van der Waals surface area contributed by atoms with Gasteiger partial charge in [-0.2, -0.15) is 4.37 Å². The monoisotopic (exact) mass is 546 g/mol. The van der Waals surface area contributed by atoms with Crippen LogP contribution in [-0.2, 0) is 12.8 Å². The number of guanidine groups is 1. The molecule has 1 aliphatic rings. The molecule has 0 unspecified atom stereocenters. The van der Waals surface area contributed by atoms with E-state index in [4.69, 9.17) is 9.73 Å². The highest BCUT2D eigenvalue weighted by Crippen LogP contribution is 2.24. The van der Waals surface area contributed by atoms with Crippen LogP contribution in [0.5, 0.6) is 11.5 Å². The van der Waals surface area contributed by atoms with Gasteiger partial charge in [-0.05, 0) is 25.0 Å². The maximum Gasteiger partial charge on any atom is 0.205 e. The van der Waals surface area contributed by atoms with E-state index in [-0.39, 0.29) is 29.7 Å². The summed E-state index contributed by atoms with van der Waals surface area (Å²) in [6.45, 7) is 9.18. The molecular weight excluding hydrogens is 515 g/mol. The number of nitrogens with zero attached hydrogens (tertiary/aromatic N) is 5. The fourth-order valence-corrected chi connectivity index (χ4v) is 4.02. The summed E-state index contributed by atoms with van der Waals surface area (Å²) in [5, 5.41) is 14.5. The maximum atomic E-state index is 10.1. The van der Waals surface area contributed by atoms with Gasteiger partial charge in [0.1, 0.15) is 17.3 Å². The minimum atomic E-state index is 0. The number of aromatic hydroxyl groups is 1. The van der Waals surface area contributed by atoms with Crippen molar-refractivity contribution < 1.29 is 9.84 Å². The van der Waals surface area contributed by atoms with Crippen LogP contribution in [0.4, 0.5) is 5.13 Å². The van der Waals surface area contributed by atoms with Gasteiger partial charge in [-0.15, -0.1) is 24.0 Å². The number of phenols is 1. The van der Waals surface area contributed by atoms with Gasteiger partial charge in [0.15, 0.2) is 5.96 Å². The third-order valence-corrected chi connectivity index (χ3v) is 5.71. The Kier molecular flexibility index (Phi) is 9.89. The molecule has 0 saturated carbocycles. The van der Waals surface area contributed by atoms with E-state index in [0.717, 1.165) is 61.6 Å². The Bertz CT molecular complexity index is 823. The number of phenolic OH excluding ortho intramolecular Hbond substituents is 1. The number of methoxy groups -OCH3 is 1. The zero-order valence-electron chi connectivity index (χ0n) is 17.8. The van der Waals surface area contributed by atoms with Crippen LogP contribution in [0.15, 0.2) is 23.2 Å². The fraction of sp³-hybridized carbons (Fsp3) is 0.550. The summed E-state index contributed by atoms with van der Waals surface area (Å²) in [5.74, 6) is 2.75. The molecule has 2 heterocycles. The number of aryl methyl sites for hydroxylation is 1. The van der Waals surface area contributed by atoms with Crippen molar-refractivity contribution in [3.05, 3.63) is 29.6 Å². The number of nitrogens with one attached hydrogen (secondary N) is 1. The Morgan fingerprint density at radius 2 is 2.03 bits per heavy atom. The first kappa shape index (κ1) is 24.4. The summed E-state index contributed by atoms with van der Waals surface area (Å²) in [5.41, 5.74) is 0.873. The molecule has 0 spiro atoms. The van der Waals surface area contributed by atoms with Crippen molar-refractivity contribution in [1.29, 1.82) is 0 Å². The number of ether oxygens (including phenoxy) is 1. The number of aliphatic imine (C=N–C) groups is 1. The van der Waals surface area contributed by atoms with Crippen LogP contribution in [0.25, 0.3) is 0 Å². The molecule has 0 amide bonds. The van der Waals surface area contributed by atoms with Gasteiger partial charge in [0.2, 0.25) is 5.13 Å². The van der Waals surface area contributed by atoms with E-state index >= 15 is 0 Å². The lowest BCUT2D eigenvalue weighted by Gasteiger charge is -2.36. The highest BCUT2D eigenvalue weighted by atomic mass is 127. The highest BCUT2D eigenvalue weighted by molar-refractivity contribution is 14.0. The summed E-state index contributed by atoms with van der Waals surface area (Å²) < 4.78 is 9.53. The molecule has 1 aliphatic heterocycles. The third kappa shape index (κ3) is 6.34. The van der Waals surface area contributed by atoms with E-state index in [9.17, 15) is 5.11 Å². The highest BCUT2D eigenvalue weighted by Gasteiger charge is 2.22. The molecule has 0 atom stereocenters. The van der Waals surface area contributed by atoms with E-state index in [2.05, 4.69) is 38.3 Å². The molecule has 1 aromatic heterocycles. The minimum absolute atomic E-state index is 0. The van der Waals surface area contributed by atoms with Crippen molar-refractivity contribution in [3.63, 3.8) is 0 Å². The predicted molar refractivity (Wildman–Crippen MR) is 133 cm³/mol. The number of aromatic nitrogens is 2. The first-order valence-corrected chi connectivity index (χ1v) is 10.9. The average Bonchev–Trinajstić information content (AvgIpc) is 3.23. The fourth-order valence-electron chi connectivity index (χ4n) is 3.22. The Morgan fingerprint density at radius 3 is 2.63 bits per heavy atom. The van der Waals surface area contributed by atoms with E-state index in [1.807, 2.05) is 12.1 Å². The van der Waals surface area contributed by atoms with Gasteiger partial charge >= 0.3 is 0 Å². The molecule has 2 aromatic rings. The molecule has 30 heavy (non-hydrogen) atoms. The molecule has 0 bridgehead atoms. The van der Waals surface area contributed by atoms with E-state index < -0.39 is 0 Å². The number of hydrogen-bond donors (Lipinski definition) is 2. The minimum Gasteiger partial charge on any atom is -0.508 e. The molecule has 2 N–H and O–H groups in total. The zero-order valence-corrected chi connectivity index (χ0v) is 20.9. The lowest BCUT2D eigenvalue weighted by atomic mass is 10.1. The lowest BCUT2D eigenvalue weighted by Crippen LogP contribution is -2.52. The van der Waals surface area contributed by atoms with Crippen molar-refractivity contribution >= 4 is 46.6 Å². The van der Waals surface area contributed by atoms with E-state index in [1.165, 1.54) is 11.5 Å². The Hall–Kier alpha value is -1.82.